The molecule has 25 heavy (non-hydrogen) atoms. The Hall–Kier alpha value is -2.57. The number of methoxy groups -OCH3 is 1. The molecule has 1 aliphatic rings. The molecule has 1 N–H and O–H groups in total. The molecule has 1 aromatic carbocycles. The Kier molecular flexibility index (Phi) is 4.07. The average Bonchev–Trinajstić information content (AvgIpc) is 3.32. The number of halogens is 1. The summed E-state index contributed by atoms with van der Waals surface area (Å²) >= 11 is 6.44. The topological polar surface area (TPSA) is 71.4 Å². The minimum absolute atomic E-state index is 0.147. The molecule has 3 aromatic rings. The van der Waals surface area contributed by atoms with Gasteiger partial charge in [-0.3, -0.25) is 9.89 Å². The first kappa shape index (κ1) is 15.9. The Morgan fingerprint density at radius 1 is 1.32 bits per heavy atom. The maximum atomic E-state index is 12.9. The maximum Gasteiger partial charge on any atom is 0.275 e. The van der Waals surface area contributed by atoms with Crippen molar-refractivity contribution in [1.82, 2.24) is 15.1 Å². The van der Waals surface area contributed by atoms with Crippen LogP contribution in [0, 0.1) is 0 Å². The van der Waals surface area contributed by atoms with Crippen molar-refractivity contribution in [1.29, 1.82) is 0 Å². The Morgan fingerprint density at radius 3 is 2.88 bits per heavy atom. The summed E-state index contributed by atoms with van der Waals surface area (Å²) in [5.74, 6) is 0.484. The number of carbonyl (C=O) groups is 1. The summed E-state index contributed by atoms with van der Waals surface area (Å²) in [6.45, 7) is 0.871. The van der Waals surface area contributed by atoms with E-state index in [0.29, 0.717) is 35.3 Å². The predicted octanol–water partition coefficient (Wildman–Crippen LogP) is 3.51. The second-order valence-electron chi connectivity index (χ2n) is 5.75. The highest BCUT2D eigenvalue weighted by Gasteiger charge is 2.43. The van der Waals surface area contributed by atoms with Gasteiger partial charge in [0.05, 0.1) is 18.9 Å². The van der Waals surface area contributed by atoms with Crippen LogP contribution < -0.4 is 0 Å². The van der Waals surface area contributed by atoms with Crippen molar-refractivity contribution < 1.29 is 13.9 Å². The summed E-state index contributed by atoms with van der Waals surface area (Å²) in [5, 5.41) is 7.78. The number of H-pyrrole nitrogens is 1. The molecule has 7 heteroatoms. The summed E-state index contributed by atoms with van der Waals surface area (Å²) in [4.78, 5) is 14.6. The van der Waals surface area contributed by atoms with E-state index in [1.54, 1.807) is 24.3 Å². The second kappa shape index (κ2) is 6.38. The fourth-order valence-corrected chi connectivity index (χ4v) is 3.48. The van der Waals surface area contributed by atoms with E-state index in [4.69, 9.17) is 20.8 Å². The number of benzene rings is 1. The van der Waals surface area contributed by atoms with Gasteiger partial charge in [0.15, 0.2) is 11.5 Å². The number of hydrogen-bond acceptors (Lipinski definition) is 4. The van der Waals surface area contributed by atoms with Crippen molar-refractivity contribution in [2.24, 2.45) is 0 Å². The summed E-state index contributed by atoms with van der Waals surface area (Å²) in [5.41, 5.74) is 2.72. The Labute approximate surface area is 149 Å². The number of furan rings is 1. The van der Waals surface area contributed by atoms with Crippen molar-refractivity contribution in [3.8, 4) is 11.5 Å². The van der Waals surface area contributed by atoms with Gasteiger partial charge in [0.1, 0.15) is 5.69 Å². The smallest absolute Gasteiger partial charge is 0.275 e. The third-order valence-electron chi connectivity index (χ3n) is 4.36. The highest BCUT2D eigenvalue weighted by atomic mass is 35.5. The van der Waals surface area contributed by atoms with E-state index < -0.39 is 0 Å². The highest BCUT2D eigenvalue weighted by Crippen LogP contribution is 2.44. The van der Waals surface area contributed by atoms with Gasteiger partial charge in [0.2, 0.25) is 0 Å². The minimum Gasteiger partial charge on any atom is -0.463 e. The van der Waals surface area contributed by atoms with Crippen LogP contribution in [0.2, 0.25) is 5.02 Å². The van der Waals surface area contributed by atoms with Crippen LogP contribution in [-0.4, -0.2) is 41.3 Å². The van der Waals surface area contributed by atoms with Gasteiger partial charge >= 0.3 is 0 Å². The van der Waals surface area contributed by atoms with Gasteiger partial charge in [0, 0.05) is 24.2 Å². The Bertz CT molecular complexity index is 904. The molecule has 0 spiro atoms. The standard InChI is InChI=1S/C18H16ClN3O3/c1-24-10-8-22-17(11-5-2-3-6-12(11)19)14-15(13-7-4-9-25-13)20-21-16(14)18(22)23/h2-7,9,17H,8,10H2,1H3,(H,20,21)/t17-/m1/s1. The van der Waals surface area contributed by atoms with Crippen LogP contribution in [0.5, 0.6) is 0 Å². The number of carbonyl (C=O) groups excluding carboxylic acids is 1. The Balaban J connectivity index is 1.88. The number of fused-ring (bicyclic) bond motifs is 1. The van der Waals surface area contributed by atoms with Gasteiger partial charge in [0.25, 0.3) is 5.91 Å². The van der Waals surface area contributed by atoms with Gasteiger partial charge in [-0.15, -0.1) is 0 Å². The summed E-state index contributed by atoms with van der Waals surface area (Å²) in [6.07, 6.45) is 1.59. The van der Waals surface area contributed by atoms with E-state index in [2.05, 4.69) is 10.2 Å². The quantitative estimate of drug-likeness (QED) is 0.758. The van der Waals surface area contributed by atoms with Crippen LogP contribution in [0.25, 0.3) is 11.5 Å². The first-order valence-corrected chi connectivity index (χ1v) is 8.26. The fourth-order valence-electron chi connectivity index (χ4n) is 3.24. The maximum absolute atomic E-state index is 12.9. The van der Waals surface area contributed by atoms with Gasteiger partial charge < -0.3 is 14.1 Å². The molecule has 2 aromatic heterocycles. The van der Waals surface area contributed by atoms with Crippen LogP contribution in [0.3, 0.4) is 0 Å². The predicted molar refractivity (Wildman–Crippen MR) is 92.5 cm³/mol. The molecule has 1 aliphatic heterocycles. The van der Waals surface area contributed by atoms with Gasteiger partial charge in [-0.1, -0.05) is 29.8 Å². The van der Waals surface area contributed by atoms with Crippen LogP contribution >= 0.6 is 11.6 Å². The van der Waals surface area contributed by atoms with Crippen molar-refractivity contribution in [3.05, 3.63) is 64.5 Å². The van der Waals surface area contributed by atoms with Crippen LogP contribution in [0.15, 0.2) is 47.1 Å². The zero-order valence-corrected chi connectivity index (χ0v) is 14.3. The molecule has 0 fully saturated rings. The molecule has 0 bridgehead atoms. The first-order valence-electron chi connectivity index (χ1n) is 7.89. The third kappa shape index (κ3) is 2.54. The number of ether oxygens (including phenoxy) is 1. The molecule has 0 saturated carbocycles. The van der Waals surface area contributed by atoms with Crippen molar-refractivity contribution in [3.63, 3.8) is 0 Å². The number of rotatable bonds is 5. The second-order valence-corrected chi connectivity index (χ2v) is 6.16. The molecule has 0 unspecified atom stereocenters. The molecular weight excluding hydrogens is 342 g/mol. The van der Waals surface area contributed by atoms with Crippen LogP contribution in [0.4, 0.5) is 0 Å². The van der Waals surface area contributed by atoms with E-state index in [1.807, 2.05) is 30.3 Å². The zero-order chi connectivity index (χ0) is 17.4. The van der Waals surface area contributed by atoms with Crippen LogP contribution in [0.1, 0.15) is 27.7 Å². The summed E-state index contributed by atoms with van der Waals surface area (Å²) < 4.78 is 10.7. The lowest BCUT2D eigenvalue weighted by molar-refractivity contribution is 0.0677. The van der Waals surface area contributed by atoms with E-state index in [-0.39, 0.29) is 11.9 Å². The molecule has 0 saturated heterocycles. The number of hydrogen-bond donors (Lipinski definition) is 1. The Morgan fingerprint density at radius 2 is 2.16 bits per heavy atom. The van der Waals surface area contributed by atoms with Crippen molar-refractivity contribution >= 4 is 17.5 Å². The van der Waals surface area contributed by atoms with Gasteiger partial charge in [-0.25, -0.2) is 0 Å². The number of nitrogens with one attached hydrogen (secondary N) is 1. The molecule has 1 amide bonds. The van der Waals surface area contributed by atoms with E-state index >= 15 is 0 Å². The van der Waals surface area contributed by atoms with Crippen LogP contribution in [-0.2, 0) is 4.74 Å². The van der Waals surface area contributed by atoms with Crippen molar-refractivity contribution in [2.45, 2.75) is 6.04 Å². The molecule has 1 atom stereocenters. The van der Waals surface area contributed by atoms with Crippen molar-refractivity contribution in [2.75, 3.05) is 20.3 Å². The SMILES string of the molecule is COCCN1C(=O)c2n[nH]c(-c3ccco3)c2[C@H]1c1ccccc1Cl. The molecule has 3 heterocycles. The summed E-state index contributed by atoms with van der Waals surface area (Å²) in [7, 11) is 1.61. The van der Waals surface area contributed by atoms with E-state index in [1.165, 1.54) is 0 Å². The van der Waals surface area contributed by atoms with E-state index in [0.717, 1.165) is 11.1 Å². The minimum atomic E-state index is -0.342. The molecule has 6 nitrogen and oxygen atoms in total. The van der Waals surface area contributed by atoms with Gasteiger partial charge in [-0.05, 0) is 23.8 Å². The monoisotopic (exact) mass is 357 g/mol. The number of amides is 1. The lowest BCUT2D eigenvalue weighted by atomic mass is 9.98. The lowest BCUT2D eigenvalue weighted by Gasteiger charge is -2.26. The molecular formula is C18H16ClN3O3. The lowest BCUT2D eigenvalue weighted by Crippen LogP contribution is -2.32. The largest absolute Gasteiger partial charge is 0.463 e. The molecule has 128 valence electrons. The summed E-state index contributed by atoms with van der Waals surface area (Å²) in [6, 6.07) is 10.8. The first-order chi connectivity index (χ1) is 12.2. The normalized spacial score (nSPS) is 16.5. The number of aromatic amines is 1. The molecule has 0 aliphatic carbocycles. The van der Waals surface area contributed by atoms with E-state index in [9.17, 15) is 4.79 Å². The fraction of sp³-hybridized carbons (Fsp3) is 0.222. The highest BCUT2D eigenvalue weighted by molar-refractivity contribution is 6.31. The zero-order valence-electron chi connectivity index (χ0n) is 13.5. The third-order valence-corrected chi connectivity index (χ3v) is 4.70. The van der Waals surface area contributed by atoms with Gasteiger partial charge in [-0.2, -0.15) is 5.10 Å². The molecule has 4 rings (SSSR count). The number of nitrogens with zero attached hydrogens (tertiary/aromatic N) is 2. The average molecular weight is 358 g/mol. The number of aromatic nitrogens is 2. The molecule has 0 radical (unpaired) electrons.